The molecule has 1 fully saturated rings. The zero-order chi connectivity index (χ0) is 16.2. The van der Waals surface area contributed by atoms with Gasteiger partial charge >= 0.3 is 0 Å². The number of benzene rings is 1. The fourth-order valence-corrected chi connectivity index (χ4v) is 2.96. The quantitative estimate of drug-likeness (QED) is 0.769. The molecule has 0 heterocycles. The highest BCUT2D eigenvalue weighted by Crippen LogP contribution is 2.38. The summed E-state index contributed by atoms with van der Waals surface area (Å²) in [6, 6.07) is 5.90. The van der Waals surface area contributed by atoms with Gasteiger partial charge < -0.3 is 16.4 Å². The lowest BCUT2D eigenvalue weighted by Gasteiger charge is -2.28. The van der Waals surface area contributed by atoms with Crippen LogP contribution in [0.2, 0.25) is 0 Å². The molecule has 0 spiro atoms. The number of halogens is 1. The fraction of sp³-hybridized carbons (Fsp3) is 0.529. The molecule has 1 saturated carbocycles. The fourth-order valence-electron chi connectivity index (χ4n) is 2.96. The van der Waals surface area contributed by atoms with E-state index in [-0.39, 0.29) is 30.8 Å². The molecule has 128 valence electrons. The Bertz CT molecular complexity index is 569. The van der Waals surface area contributed by atoms with E-state index in [1.54, 1.807) is 0 Å². The Labute approximate surface area is 143 Å². The van der Waals surface area contributed by atoms with Crippen molar-refractivity contribution in [1.82, 2.24) is 5.32 Å². The van der Waals surface area contributed by atoms with E-state index in [1.165, 1.54) is 5.56 Å². The molecule has 23 heavy (non-hydrogen) atoms. The van der Waals surface area contributed by atoms with Crippen LogP contribution in [-0.4, -0.2) is 24.9 Å². The molecule has 0 aliphatic heterocycles. The standard InChI is InChI=1S/C17H25N3O2.ClH/c1-12-5-6-14(9-13(12)2)20-16(22)17(7-3-4-8-17)11-19-15(21)10-18;/h5-6,9H,3-4,7-8,10-11,18H2,1-2H3,(H,19,21)(H,20,22);1H. The summed E-state index contributed by atoms with van der Waals surface area (Å²) in [6.07, 6.45) is 3.63. The first-order valence-corrected chi connectivity index (χ1v) is 7.82. The van der Waals surface area contributed by atoms with Gasteiger partial charge in [0.25, 0.3) is 0 Å². The first kappa shape index (κ1) is 19.5. The van der Waals surface area contributed by atoms with Gasteiger partial charge in [0.15, 0.2) is 0 Å². The van der Waals surface area contributed by atoms with Crippen LogP contribution in [0.4, 0.5) is 5.69 Å². The van der Waals surface area contributed by atoms with E-state index in [2.05, 4.69) is 10.6 Å². The van der Waals surface area contributed by atoms with Crippen LogP contribution in [-0.2, 0) is 9.59 Å². The van der Waals surface area contributed by atoms with Gasteiger partial charge in [-0.3, -0.25) is 9.59 Å². The maximum absolute atomic E-state index is 12.7. The summed E-state index contributed by atoms with van der Waals surface area (Å²) in [5, 5.41) is 5.79. The Hall–Kier alpha value is -1.59. The van der Waals surface area contributed by atoms with Crippen molar-refractivity contribution in [2.45, 2.75) is 39.5 Å². The lowest BCUT2D eigenvalue weighted by atomic mass is 9.84. The predicted molar refractivity (Wildman–Crippen MR) is 94.8 cm³/mol. The molecule has 2 rings (SSSR count). The van der Waals surface area contributed by atoms with E-state index >= 15 is 0 Å². The molecule has 0 atom stereocenters. The maximum Gasteiger partial charge on any atom is 0.233 e. The SMILES string of the molecule is Cc1ccc(NC(=O)C2(CNC(=O)CN)CCCC2)cc1C.Cl. The van der Waals surface area contributed by atoms with Crippen molar-refractivity contribution in [2.24, 2.45) is 11.1 Å². The number of aryl methyl sites for hydroxylation is 2. The van der Waals surface area contributed by atoms with E-state index in [4.69, 9.17) is 5.73 Å². The van der Waals surface area contributed by atoms with Crippen molar-refractivity contribution in [2.75, 3.05) is 18.4 Å². The van der Waals surface area contributed by atoms with Crippen molar-refractivity contribution in [3.63, 3.8) is 0 Å². The number of carbonyl (C=O) groups excluding carboxylic acids is 2. The molecular weight excluding hydrogens is 314 g/mol. The van der Waals surface area contributed by atoms with Gasteiger partial charge in [-0.25, -0.2) is 0 Å². The summed E-state index contributed by atoms with van der Waals surface area (Å²) in [4.78, 5) is 24.1. The van der Waals surface area contributed by atoms with Crippen LogP contribution < -0.4 is 16.4 Å². The Morgan fingerprint density at radius 1 is 1.17 bits per heavy atom. The van der Waals surface area contributed by atoms with Crippen molar-refractivity contribution < 1.29 is 9.59 Å². The van der Waals surface area contributed by atoms with Gasteiger partial charge in [0.1, 0.15) is 0 Å². The van der Waals surface area contributed by atoms with Gasteiger partial charge in [0, 0.05) is 12.2 Å². The molecule has 1 aliphatic carbocycles. The molecule has 0 radical (unpaired) electrons. The molecular formula is C17H26ClN3O2. The van der Waals surface area contributed by atoms with Gasteiger partial charge in [0.05, 0.1) is 12.0 Å². The number of hydrogen-bond acceptors (Lipinski definition) is 3. The minimum absolute atomic E-state index is 0. The average Bonchev–Trinajstić information content (AvgIpc) is 2.98. The third kappa shape index (κ3) is 4.69. The number of nitrogens with one attached hydrogen (secondary N) is 2. The lowest BCUT2D eigenvalue weighted by molar-refractivity contribution is -0.126. The van der Waals surface area contributed by atoms with Crippen molar-refractivity contribution in [3.8, 4) is 0 Å². The van der Waals surface area contributed by atoms with Crippen molar-refractivity contribution >= 4 is 29.9 Å². The smallest absolute Gasteiger partial charge is 0.233 e. The van der Waals surface area contributed by atoms with E-state index in [9.17, 15) is 9.59 Å². The van der Waals surface area contributed by atoms with Crippen molar-refractivity contribution in [3.05, 3.63) is 29.3 Å². The van der Waals surface area contributed by atoms with Gasteiger partial charge in [-0.15, -0.1) is 12.4 Å². The summed E-state index contributed by atoms with van der Waals surface area (Å²) >= 11 is 0. The number of carbonyl (C=O) groups is 2. The van der Waals surface area contributed by atoms with Crippen LogP contribution in [0.5, 0.6) is 0 Å². The highest BCUT2D eigenvalue weighted by Gasteiger charge is 2.41. The third-order valence-electron chi connectivity index (χ3n) is 4.62. The molecule has 6 heteroatoms. The summed E-state index contributed by atoms with van der Waals surface area (Å²) in [7, 11) is 0. The molecule has 1 aromatic carbocycles. The lowest BCUT2D eigenvalue weighted by Crippen LogP contribution is -2.45. The number of hydrogen-bond donors (Lipinski definition) is 3. The Morgan fingerprint density at radius 3 is 2.39 bits per heavy atom. The summed E-state index contributed by atoms with van der Waals surface area (Å²) in [5.74, 6) is -0.226. The van der Waals surface area contributed by atoms with Crippen LogP contribution >= 0.6 is 12.4 Å². The van der Waals surface area contributed by atoms with Gasteiger partial charge in [0.2, 0.25) is 11.8 Å². The van der Waals surface area contributed by atoms with Gasteiger partial charge in [-0.2, -0.15) is 0 Å². The topological polar surface area (TPSA) is 84.2 Å². The molecule has 0 aromatic heterocycles. The van der Waals surface area contributed by atoms with Gasteiger partial charge in [-0.05, 0) is 49.9 Å². The average molecular weight is 340 g/mol. The second-order valence-corrected chi connectivity index (χ2v) is 6.22. The summed E-state index contributed by atoms with van der Waals surface area (Å²) < 4.78 is 0. The van der Waals surface area contributed by atoms with E-state index in [0.717, 1.165) is 36.9 Å². The normalized spacial score (nSPS) is 15.6. The zero-order valence-electron chi connectivity index (χ0n) is 13.8. The minimum atomic E-state index is -0.510. The molecule has 4 N–H and O–H groups in total. The zero-order valence-corrected chi connectivity index (χ0v) is 14.6. The molecule has 0 bridgehead atoms. The third-order valence-corrected chi connectivity index (χ3v) is 4.62. The van der Waals surface area contributed by atoms with E-state index in [0.29, 0.717) is 6.54 Å². The molecule has 0 saturated heterocycles. The minimum Gasteiger partial charge on any atom is -0.354 e. The molecule has 1 aliphatic rings. The maximum atomic E-state index is 12.7. The van der Waals surface area contributed by atoms with E-state index < -0.39 is 5.41 Å². The second kappa shape index (κ2) is 8.31. The highest BCUT2D eigenvalue weighted by atomic mass is 35.5. The number of anilines is 1. The van der Waals surface area contributed by atoms with Crippen LogP contribution in [0.15, 0.2) is 18.2 Å². The first-order chi connectivity index (χ1) is 10.5. The van der Waals surface area contributed by atoms with E-state index in [1.807, 2.05) is 32.0 Å². The molecule has 2 amide bonds. The molecule has 5 nitrogen and oxygen atoms in total. The predicted octanol–water partition coefficient (Wildman–Crippen LogP) is 2.30. The largest absolute Gasteiger partial charge is 0.354 e. The molecule has 1 aromatic rings. The van der Waals surface area contributed by atoms with Crippen LogP contribution in [0, 0.1) is 19.3 Å². The van der Waals surface area contributed by atoms with Crippen LogP contribution in [0.1, 0.15) is 36.8 Å². The Morgan fingerprint density at radius 2 is 1.83 bits per heavy atom. The Balaban J connectivity index is 0.00000264. The van der Waals surface area contributed by atoms with Crippen molar-refractivity contribution in [1.29, 1.82) is 0 Å². The number of nitrogens with two attached hydrogens (primary N) is 1. The summed E-state index contributed by atoms with van der Waals surface area (Å²) in [6.45, 7) is 4.38. The van der Waals surface area contributed by atoms with Crippen LogP contribution in [0.25, 0.3) is 0 Å². The highest BCUT2D eigenvalue weighted by molar-refractivity contribution is 5.96. The number of rotatable bonds is 5. The monoisotopic (exact) mass is 339 g/mol. The van der Waals surface area contributed by atoms with Gasteiger partial charge in [-0.1, -0.05) is 18.9 Å². The summed E-state index contributed by atoms with van der Waals surface area (Å²) in [5.41, 5.74) is 7.96. The van der Waals surface area contributed by atoms with Crippen LogP contribution in [0.3, 0.4) is 0 Å². The molecule has 0 unspecified atom stereocenters. The second-order valence-electron chi connectivity index (χ2n) is 6.22. The Kier molecular flexibility index (Phi) is 7.03. The number of amides is 2. The first-order valence-electron chi connectivity index (χ1n) is 7.82.